The van der Waals surface area contributed by atoms with Crippen LogP contribution in [0.1, 0.15) is 45.9 Å². The van der Waals surface area contributed by atoms with E-state index in [0.29, 0.717) is 16.5 Å². The monoisotopic (exact) mass is 330 g/mol. The lowest BCUT2D eigenvalue weighted by atomic mass is 9.90. The zero-order chi connectivity index (χ0) is 16.4. The van der Waals surface area contributed by atoms with Gasteiger partial charge in [0, 0.05) is 4.88 Å². The summed E-state index contributed by atoms with van der Waals surface area (Å²) in [7, 11) is 0. The second kappa shape index (κ2) is 6.62. The quantitative estimate of drug-likeness (QED) is 0.666. The number of hydrogen-bond donors (Lipinski definition) is 1. The first-order chi connectivity index (χ1) is 11.0. The summed E-state index contributed by atoms with van der Waals surface area (Å²) in [5.41, 5.74) is 5.33. The highest BCUT2D eigenvalue weighted by molar-refractivity contribution is 7.14. The van der Waals surface area contributed by atoms with Crippen LogP contribution in [0.4, 0.5) is 4.39 Å². The smallest absolute Gasteiger partial charge is 0.266 e. The van der Waals surface area contributed by atoms with Gasteiger partial charge in [-0.25, -0.2) is 9.82 Å². The lowest BCUT2D eigenvalue weighted by Gasteiger charge is -2.16. The molecule has 1 N–H and O–H groups in total. The largest absolute Gasteiger partial charge is 0.281 e. The molecule has 1 aromatic carbocycles. The van der Waals surface area contributed by atoms with E-state index in [-0.39, 0.29) is 11.7 Å². The number of thiophene rings is 1. The van der Waals surface area contributed by atoms with Crippen molar-refractivity contribution in [2.75, 3.05) is 0 Å². The number of hydrazone groups is 1. The highest BCUT2D eigenvalue weighted by atomic mass is 32.1. The molecule has 0 saturated carbocycles. The Balaban J connectivity index is 1.69. The van der Waals surface area contributed by atoms with Gasteiger partial charge in [-0.2, -0.15) is 5.10 Å². The molecule has 0 bridgehead atoms. The van der Waals surface area contributed by atoms with Gasteiger partial charge in [0.15, 0.2) is 0 Å². The number of amides is 1. The first-order valence-electron chi connectivity index (χ1n) is 7.75. The minimum Gasteiger partial charge on any atom is -0.266 e. The summed E-state index contributed by atoms with van der Waals surface area (Å²) in [6.07, 6.45) is 3.31. The van der Waals surface area contributed by atoms with Crippen LogP contribution in [0.5, 0.6) is 0 Å². The number of carbonyl (C=O) groups excluding carboxylic acids is 1. The Morgan fingerprint density at radius 3 is 2.83 bits per heavy atom. The average molecular weight is 330 g/mol. The zero-order valence-corrected chi connectivity index (χ0v) is 14.0. The third-order valence-corrected chi connectivity index (χ3v) is 5.38. The molecule has 0 radical (unpaired) electrons. The van der Waals surface area contributed by atoms with Crippen molar-refractivity contribution in [2.24, 2.45) is 11.0 Å². The molecule has 1 amide bonds. The maximum absolute atomic E-state index is 12.9. The minimum atomic E-state index is -0.288. The Hall–Kier alpha value is -2.01. The van der Waals surface area contributed by atoms with Gasteiger partial charge < -0.3 is 0 Å². The van der Waals surface area contributed by atoms with Gasteiger partial charge in [0.05, 0.1) is 10.6 Å². The molecule has 23 heavy (non-hydrogen) atoms. The van der Waals surface area contributed by atoms with Gasteiger partial charge in [0.1, 0.15) is 5.82 Å². The van der Waals surface area contributed by atoms with E-state index >= 15 is 0 Å². The molecule has 0 spiro atoms. The van der Waals surface area contributed by atoms with E-state index in [0.717, 1.165) is 18.4 Å². The zero-order valence-electron chi connectivity index (χ0n) is 13.2. The molecule has 0 fully saturated rings. The molecule has 5 heteroatoms. The second-order valence-corrected chi connectivity index (χ2v) is 7.19. The third-order valence-electron chi connectivity index (χ3n) is 4.14. The predicted octanol–water partition coefficient (Wildman–Crippen LogP) is 4.17. The van der Waals surface area contributed by atoms with E-state index in [2.05, 4.69) is 17.5 Å². The molecule has 120 valence electrons. The number of hydrogen-bond acceptors (Lipinski definition) is 3. The Morgan fingerprint density at radius 1 is 1.35 bits per heavy atom. The highest BCUT2D eigenvalue weighted by Gasteiger charge is 2.20. The SMILES string of the molecule is C/C(=N/NC(=O)c1cc2c(s1)CC[C@H](C)C2)c1ccc(F)cc1. The fourth-order valence-corrected chi connectivity index (χ4v) is 3.86. The predicted molar refractivity (Wildman–Crippen MR) is 91.6 cm³/mol. The van der Waals surface area contributed by atoms with E-state index < -0.39 is 0 Å². The number of nitrogens with one attached hydrogen (secondary N) is 1. The van der Waals surface area contributed by atoms with Crippen LogP contribution >= 0.6 is 11.3 Å². The first-order valence-corrected chi connectivity index (χ1v) is 8.56. The maximum atomic E-state index is 12.9. The third kappa shape index (κ3) is 3.67. The molecular weight excluding hydrogens is 311 g/mol. The Labute approximate surface area is 139 Å². The van der Waals surface area contributed by atoms with Crippen molar-refractivity contribution in [3.05, 3.63) is 57.0 Å². The fourth-order valence-electron chi connectivity index (χ4n) is 2.76. The molecular formula is C18H19FN2OS. The van der Waals surface area contributed by atoms with Crippen LogP contribution < -0.4 is 5.43 Å². The lowest BCUT2D eigenvalue weighted by Crippen LogP contribution is -2.18. The molecule has 3 rings (SSSR count). The number of carbonyl (C=O) groups is 1. The number of halogens is 1. The molecule has 0 saturated heterocycles. The summed E-state index contributed by atoms with van der Waals surface area (Å²) in [5.74, 6) is 0.217. The van der Waals surface area contributed by atoms with Gasteiger partial charge in [-0.3, -0.25) is 4.79 Å². The molecule has 0 unspecified atom stereocenters. The van der Waals surface area contributed by atoms with Gasteiger partial charge in [0.25, 0.3) is 5.91 Å². The molecule has 1 aliphatic rings. The van der Waals surface area contributed by atoms with Crippen molar-refractivity contribution in [2.45, 2.75) is 33.1 Å². The van der Waals surface area contributed by atoms with Gasteiger partial charge in [0.2, 0.25) is 0 Å². The molecule has 1 atom stereocenters. The van der Waals surface area contributed by atoms with E-state index in [9.17, 15) is 9.18 Å². The molecule has 1 aliphatic carbocycles. The van der Waals surface area contributed by atoms with Crippen molar-refractivity contribution < 1.29 is 9.18 Å². The number of rotatable bonds is 3. The van der Waals surface area contributed by atoms with Crippen molar-refractivity contribution >= 4 is 23.0 Å². The fraction of sp³-hybridized carbons (Fsp3) is 0.333. The molecule has 1 aromatic heterocycles. The van der Waals surface area contributed by atoms with Crippen LogP contribution in [-0.4, -0.2) is 11.6 Å². The number of fused-ring (bicyclic) bond motifs is 1. The lowest BCUT2D eigenvalue weighted by molar-refractivity contribution is 0.0959. The minimum absolute atomic E-state index is 0.182. The summed E-state index contributed by atoms with van der Waals surface area (Å²) in [5, 5.41) is 4.12. The molecule has 3 nitrogen and oxygen atoms in total. The summed E-state index contributed by atoms with van der Waals surface area (Å²) in [6.45, 7) is 4.03. The van der Waals surface area contributed by atoms with Gasteiger partial charge in [-0.05, 0) is 61.4 Å². The Kier molecular flexibility index (Phi) is 4.57. The topological polar surface area (TPSA) is 41.5 Å². The van der Waals surface area contributed by atoms with Crippen molar-refractivity contribution in [3.8, 4) is 0 Å². The van der Waals surface area contributed by atoms with E-state index in [1.54, 1.807) is 30.4 Å². The molecule has 2 aromatic rings. The molecule has 0 aliphatic heterocycles. The number of benzene rings is 1. The van der Waals surface area contributed by atoms with Crippen LogP contribution in [0.15, 0.2) is 35.4 Å². The van der Waals surface area contributed by atoms with Gasteiger partial charge in [-0.15, -0.1) is 11.3 Å². The summed E-state index contributed by atoms with van der Waals surface area (Å²) in [6, 6.07) is 8.04. The van der Waals surface area contributed by atoms with Crippen LogP contribution in [0, 0.1) is 11.7 Å². The number of aryl methyl sites for hydroxylation is 1. The van der Waals surface area contributed by atoms with Crippen molar-refractivity contribution in [1.29, 1.82) is 0 Å². The average Bonchev–Trinajstić information content (AvgIpc) is 2.96. The normalized spacial score (nSPS) is 17.7. The van der Waals surface area contributed by atoms with E-state index in [1.807, 2.05) is 6.07 Å². The summed E-state index contributed by atoms with van der Waals surface area (Å²) >= 11 is 1.56. The van der Waals surface area contributed by atoms with Gasteiger partial charge >= 0.3 is 0 Å². The van der Waals surface area contributed by atoms with E-state index in [4.69, 9.17) is 0 Å². The van der Waals surface area contributed by atoms with Crippen molar-refractivity contribution in [3.63, 3.8) is 0 Å². The summed E-state index contributed by atoms with van der Waals surface area (Å²) in [4.78, 5) is 14.3. The van der Waals surface area contributed by atoms with Gasteiger partial charge in [-0.1, -0.05) is 19.1 Å². The first kappa shape index (κ1) is 15.9. The van der Waals surface area contributed by atoms with Crippen molar-refractivity contribution in [1.82, 2.24) is 5.43 Å². The van der Waals surface area contributed by atoms with Crippen LogP contribution in [-0.2, 0) is 12.8 Å². The Morgan fingerprint density at radius 2 is 2.09 bits per heavy atom. The maximum Gasteiger partial charge on any atom is 0.281 e. The van der Waals surface area contributed by atoms with Crippen LogP contribution in [0.25, 0.3) is 0 Å². The van der Waals surface area contributed by atoms with E-state index in [1.165, 1.54) is 29.0 Å². The van der Waals surface area contributed by atoms with Crippen LogP contribution in [0.2, 0.25) is 0 Å². The standard InChI is InChI=1S/C18H19FN2OS/c1-11-3-8-16-14(9-11)10-17(23-16)18(22)21-20-12(2)13-4-6-15(19)7-5-13/h4-7,10-11H,3,8-9H2,1-2H3,(H,21,22)/b20-12-/t11-/m0/s1. The Bertz CT molecular complexity index is 749. The summed E-state index contributed by atoms with van der Waals surface area (Å²) < 4.78 is 12.9. The highest BCUT2D eigenvalue weighted by Crippen LogP contribution is 2.32. The van der Waals surface area contributed by atoms with Crippen LogP contribution in [0.3, 0.4) is 0 Å². The second-order valence-electron chi connectivity index (χ2n) is 6.05. The molecule has 1 heterocycles. The number of nitrogens with zero attached hydrogens (tertiary/aromatic N) is 1.